The summed E-state index contributed by atoms with van der Waals surface area (Å²) in [5, 5.41) is 5.63. The van der Waals surface area contributed by atoms with Gasteiger partial charge in [-0.05, 0) is 55.8 Å². The Labute approximate surface area is 148 Å². The monoisotopic (exact) mass is 340 g/mol. The number of hydrogen-bond acceptors (Lipinski definition) is 3. The molecule has 0 aliphatic heterocycles. The van der Waals surface area contributed by atoms with E-state index in [2.05, 4.69) is 15.6 Å². The summed E-state index contributed by atoms with van der Waals surface area (Å²) in [5.74, 6) is 0.991. The van der Waals surface area contributed by atoms with Crippen LogP contribution in [0.25, 0.3) is 0 Å². The number of carbonyl (C=O) groups excluding carboxylic acids is 1. The summed E-state index contributed by atoms with van der Waals surface area (Å²) >= 11 is 0. The average Bonchev–Trinajstić information content (AvgIpc) is 2.61. The van der Waals surface area contributed by atoms with Crippen molar-refractivity contribution >= 4 is 17.6 Å². The van der Waals surface area contributed by atoms with Gasteiger partial charge in [0, 0.05) is 18.3 Å². The number of guanidine groups is 1. The Kier molecular flexibility index (Phi) is 6.39. The smallest absolute Gasteiger partial charge is 0.251 e. The molecule has 0 bridgehead atoms. The van der Waals surface area contributed by atoms with Crippen LogP contribution in [-0.2, 0) is 6.54 Å². The third-order valence-corrected chi connectivity index (χ3v) is 3.35. The van der Waals surface area contributed by atoms with Crippen molar-refractivity contribution in [1.82, 2.24) is 5.32 Å². The molecule has 0 saturated heterocycles. The first-order chi connectivity index (χ1) is 12.0. The number of nitrogens with one attached hydrogen (secondary N) is 2. The number of aliphatic imine (C=N–C) groups is 1. The topological polar surface area (TPSA) is 88.7 Å². The normalized spacial score (nSPS) is 11.3. The minimum atomic E-state index is -0.124. The van der Waals surface area contributed by atoms with Crippen LogP contribution in [0.4, 0.5) is 5.69 Å². The highest BCUT2D eigenvalue weighted by molar-refractivity contribution is 5.94. The lowest BCUT2D eigenvalue weighted by molar-refractivity contribution is 0.0963. The van der Waals surface area contributed by atoms with Gasteiger partial charge in [-0.1, -0.05) is 12.1 Å². The quantitative estimate of drug-likeness (QED) is 0.557. The lowest BCUT2D eigenvalue weighted by Gasteiger charge is -2.11. The molecule has 132 valence electrons. The molecule has 0 atom stereocenters. The van der Waals surface area contributed by atoms with Gasteiger partial charge >= 0.3 is 0 Å². The number of ether oxygens (including phenoxy) is 1. The first kappa shape index (κ1) is 18.3. The summed E-state index contributed by atoms with van der Waals surface area (Å²) in [5.41, 5.74) is 8.26. The number of anilines is 1. The Bertz CT molecular complexity index is 739. The van der Waals surface area contributed by atoms with E-state index in [1.165, 1.54) is 0 Å². The summed E-state index contributed by atoms with van der Waals surface area (Å²) in [6, 6.07) is 14.8. The molecule has 2 aromatic rings. The number of nitrogens with two attached hydrogens (primary N) is 1. The van der Waals surface area contributed by atoms with Crippen molar-refractivity contribution < 1.29 is 9.53 Å². The Morgan fingerprint density at radius 3 is 2.56 bits per heavy atom. The van der Waals surface area contributed by atoms with Gasteiger partial charge in [0.25, 0.3) is 5.91 Å². The Balaban J connectivity index is 1.96. The zero-order chi connectivity index (χ0) is 18.2. The molecular formula is C19H24N4O2. The summed E-state index contributed by atoms with van der Waals surface area (Å²) in [7, 11) is 1.60. The van der Waals surface area contributed by atoms with E-state index in [-0.39, 0.29) is 12.0 Å². The van der Waals surface area contributed by atoms with E-state index in [0.717, 1.165) is 17.0 Å². The minimum absolute atomic E-state index is 0.124. The molecule has 2 rings (SSSR count). The molecule has 0 aromatic heterocycles. The molecule has 0 spiro atoms. The third-order valence-electron chi connectivity index (χ3n) is 3.35. The van der Waals surface area contributed by atoms with E-state index >= 15 is 0 Å². The van der Waals surface area contributed by atoms with Gasteiger partial charge in [0.15, 0.2) is 5.96 Å². The van der Waals surface area contributed by atoms with Crippen molar-refractivity contribution in [1.29, 1.82) is 0 Å². The van der Waals surface area contributed by atoms with Gasteiger partial charge in [-0.25, -0.2) is 4.99 Å². The van der Waals surface area contributed by atoms with E-state index in [1.807, 2.05) is 50.2 Å². The predicted molar refractivity (Wildman–Crippen MR) is 101 cm³/mol. The maximum Gasteiger partial charge on any atom is 0.251 e. The molecule has 0 aliphatic carbocycles. The number of hydrogen-bond donors (Lipinski definition) is 3. The molecule has 0 unspecified atom stereocenters. The predicted octanol–water partition coefficient (Wildman–Crippen LogP) is 2.76. The highest BCUT2D eigenvalue weighted by Gasteiger charge is 2.04. The maximum atomic E-state index is 11.6. The van der Waals surface area contributed by atoms with Gasteiger partial charge in [0.05, 0.1) is 12.6 Å². The van der Waals surface area contributed by atoms with Crippen molar-refractivity contribution in [2.45, 2.75) is 26.5 Å². The Hall–Kier alpha value is -3.02. The van der Waals surface area contributed by atoms with Gasteiger partial charge in [-0.15, -0.1) is 0 Å². The van der Waals surface area contributed by atoms with E-state index in [0.29, 0.717) is 18.1 Å². The standard InChI is InChI=1S/C19H24N4O2/c1-13(2)25-17-9-7-16(8-10-17)23-19(20)22-12-14-5-4-6-15(11-14)18(24)21-3/h4-11,13H,12H2,1-3H3,(H,21,24)(H3,20,22,23). The molecule has 6 heteroatoms. The van der Waals surface area contributed by atoms with Crippen molar-refractivity contribution in [3.05, 3.63) is 59.7 Å². The molecule has 2 aromatic carbocycles. The van der Waals surface area contributed by atoms with Gasteiger partial charge in [-0.3, -0.25) is 4.79 Å². The van der Waals surface area contributed by atoms with Crippen LogP contribution in [0.3, 0.4) is 0 Å². The van der Waals surface area contributed by atoms with Crippen LogP contribution in [0.5, 0.6) is 5.75 Å². The van der Waals surface area contributed by atoms with Crippen molar-refractivity contribution in [2.75, 3.05) is 12.4 Å². The van der Waals surface area contributed by atoms with Crippen molar-refractivity contribution in [3.63, 3.8) is 0 Å². The molecule has 6 nitrogen and oxygen atoms in total. The molecule has 25 heavy (non-hydrogen) atoms. The van der Waals surface area contributed by atoms with Crippen LogP contribution in [-0.4, -0.2) is 25.0 Å². The molecule has 0 fully saturated rings. The van der Waals surface area contributed by atoms with Crippen LogP contribution in [0.15, 0.2) is 53.5 Å². The fourth-order valence-corrected chi connectivity index (χ4v) is 2.21. The van der Waals surface area contributed by atoms with Crippen LogP contribution < -0.4 is 21.1 Å². The lowest BCUT2D eigenvalue weighted by Crippen LogP contribution is -2.22. The molecule has 0 radical (unpaired) electrons. The zero-order valence-electron chi connectivity index (χ0n) is 14.7. The van der Waals surface area contributed by atoms with Gasteiger partial charge in [-0.2, -0.15) is 0 Å². The highest BCUT2D eigenvalue weighted by Crippen LogP contribution is 2.16. The van der Waals surface area contributed by atoms with Crippen LogP contribution >= 0.6 is 0 Å². The number of amides is 1. The number of nitrogens with zero attached hydrogens (tertiary/aromatic N) is 1. The second kappa shape index (κ2) is 8.73. The highest BCUT2D eigenvalue weighted by atomic mass is 16.5. The fraction of sp³-hybridized carbons (Fsp3) is 0.263. The molecular weight excluding hydrogens is 316 g/mol. The van der Waals surface area contributed by atoms with E-state index in [9.17, 15) is 4.79 Å². The van der Waals surface area contributed by atoms with Crippen LogP contribution in [0.1, 0.15) is 29.8 Å². The number of rotatable bonds is 6. The Morgan fingerprint density at radius 1 is 1.20 bits per heavy atom. The van der Waals surface area contributed by atoms with Gasteiger partial charge in [0.1, 0.15) is 5.75 Å². The first-order valence-electron chi connectivity index (χ1n) is 8.12. The summed E-state index contributed by atoms with van der Waals surface area (Å²) < 4.78 is 5.60. The van der Waals surface area contributed by atoms with E-state index in [1.54, 1.807) is 19.2 Å². The van der Waals surface area contributed by atoms with Crippen molar-refractivity contribution in [3.8, 4) is 5.75 Å². The molecule has 0 heterocycles. The van der Waals surface area contributed by atoms with E-state index < -0.39 is 0 Å². The number of carbonyl (C=O) groups is 1. The SMILES string of the molecule is CNC(=O)c1cccc(CN=C(N)Nc2ccc(OC(C)C)cc2)c1. The first-order valence-corrected chi connectivity index (χ1v) is 8.12. The Morgan fingerprint density at radius 2 is 1.92 bits per heavy atom. The van der Waals surface area contributed by atoms with Crippen LogP contribution in [0.2, 0.25) is 0 Å². The van der Waals surface area contributed by atoms with Crippen LogP contribution in [0, 0.1) is 0 Å². The average molecular weight is 340 g/mol. The summed E-state index contributed by atoms with van der Waals surface area (Å²) in [6.45, 7) is 4.35. The minimum Gasteiger partial charge on any atom is -0.491 e. The fourth-order valence-electron chi connectivity index (χ4n) is 2.21. The third kappa shape index (κ3) is 5.84. The van der Waals surface area contributed by atoms with Gasteiger partial charge < -0.3 is 21.1 Å². The van der Waals surface area contributed by atoms with E-state index in [4.69, 9.17) is 10.5 Å². The van der Waals surface area contributed by atoms with Gasteiger partial charge in [0.2, 0.25) is 0 Å². The largest absolute Gasteiger partial charge is 0.491 e. The lowest BCUT2D eigenvalue weighted by atomic mass is 10.1. The summed E-state index contributed by atoms with van der Waals surface area (Å²) in [4.78, 5) is 16.0. The summed E-state index contributed by atoms with van der Waals surface area (Å²) in [6.07, 6.45) is 0.135. The second-order valence-electron chi connectivity index (χ2n) is 5.80. The molecule has 0 saturated carbocycles. The molecule has 4 N–H and O–H groups in total. The molecule has 1 amide bonds. The van der Waals surface area contributed by atoms with Crippen molar-refractivity contribution in [2.24, 2.45) is 10.7 Å². The second-order valence-corrected chi connectivity index (χ2v) is 5.80. The number of benzene rings is 2. The zero-order valence-corrected chi connectivity index (χ0v) is 14.7. The maximum absolute atomic E-state index is 11.6. The molecule has 0 aliphatic rings.